The number of nitrogens with zero attached hydrogens (tertiary/aromatic N) is 3. The molecule has 0 bridgehead atoms. The van der Waals surface area contributed by atoms with Crippen LogP contribution in [0.15, 0.2) is 30.3 Å². The maximum atomic E-state index is 13.0. The number of likely N-dealkylation sites (N-methyl/N-ethyl adjacent to an activating group) is 1. The molecule has 0 radical (unpaired) electrons. The zero-order valence-corrected chi connectivity index (χ0v) is 25.1. The van der Waals surface area contributed by atoms with Crippen LogP contribution in [-0.2, 0) is 25.8 Å². The van der Waals surface area contributed by atoms with E-state index >= 15 is 0 Å². The van der Waals surface area contributed by atoms with Gasteiger partial charge in [0.2, 0.25) is 5.91 Å². The first-order chi connectivity index (χ1) is 20.0. The molecule has 1 aromatic rings. The van der Waals surface area contributed by atoms with Crippen molar-refractivity contribution in [2.24, 2.45) is 5.92 Å². The van der Waals surface area contributed by atoms with Gasteiger partial charge >= 0.3 is 12.1 Å². The average molecular weight is 570 g/mol. The van der Waals surface area contributed by atoms with Gasteiger partial charge in [-0.15, -0.1) is 5.06 Å². The first kappa shape index (κ1) is 31.3. The zero-order valence-electron chi connectivity index (χ0n) is 25.1. The van der Waals surface area contributed by atoms with Crippen LogP contribution in [-0.4, -0.2) is 71.1 Å². The van der Waals surface area contributed by atoms with Gasteiger partial charge in [-0.1, -0.05) is 68.9 Å². The van der Waals surface area contributed by atoms with E-state index in [4.69, 9.17) is 9.57 Å². The first-order valence-corrected chi connectivity index (χ1v) is 16.3. The molecule has 2 amide bonds. The Morgan fingerprint density at radius 1 is 0.854 bits per heavy atom. The number of benzene rings is 1. The maximum Gasteiger partial charge on any atom is 0.410 e. The molecule has 8 heteroatoms. The minimum atomic E-state index is -0.303. The second-order valence-electron chi connectivity index (χ2n) is 12.2. The lowest BCUT2D eigenvalue weighted by Gasteiger charge is -2.39. The van der Waals surface area contributed by atoms with Gasteiger partial charge in [-0.25, -0.2) is 9.59 Å². The van der Waals surface area contributed by atoms with E-state index in [-0.39, 0.29) is 24.5 Å². The molecule has 8 nitrogen and oxygen atoms in total. The second kappa shape index (κ2) is 16.7. The Bertz CT molecular complexity index is 919. The Labute approximate surface area is 246 Å². The molecule has 1 aliphatic heterocycles. The van der Waals surface area contributed by atoms with E-state index in [9.17, 15) is 14.4 Å². The SMILES string of the molecule is CCN(CC(=O)ON(C1CCCCC1)C1CCCCC1)C(=O)CCCC1CCN(C(=O)OCc2ccccc2)CC1. The van der Waals surface area contributed by atoms with Crippen LogP contribution in [0.25, 0.3) is 0 Å². The van der Waals surface area contributed by atoms with Crippen LogP contribution >= 0.6 is 0 Å². The summed E-state index contributed by atoms with van der Waals surface area (Å²) in [7, 11) is 0. The largest absolute Gasteiger partial charge is 0.445 e. The number of carbonyl (C=O) groups is 3. The summed E-state index contributed by atoms with van der Waals surface area (Å²) in [6.07, 6.45) is 15.5. The van der Waals surface area contributed by atoms with Gasteiger partial charge in [0.25, 0.3) is 0 Å². The van der Waals surface area contributed by atoms with E-state index in [1.54, 1.807) is 9.80 Å². The highest BCUT2D eigenvalue weighted by atomic mass is 16.7. The van der Waals surface area contributed by atoms with Gasteiger partial charge in [-0.3, -0.25) is 4.79 Å². The Balaban J connectivity index is 1.15. The number of carbonyl (C=O) groups excluding carboxylic acids is 3. The van der Waals surface area contributed by atoms with Crippen LogP contribution in [0.5, 0.6) is 0 Å². The summed E-state index contributed by atoms with van der Waals surface area (Å²) in [5.74, 6) is 0.219. The minimum Gasteiger partial charge on any atom is -0.445 e. The standard InChI is InChI=1S/C33H51N3O5/c1-2-34(25-32(38)41-36(29-16-8-4-9-17-29)30-18-10-5-11-19-30)31(37)20-12-15-27-21-23-35(24-22-27)33(39)40-26-28-13-6-3-7-14-28/h3,6-7,13-14,27,29-30H,2,4-5,8-12,15-26H2,1H3. The molecular formula is C33H51N3O5. The topological polar surface area (TPSA) is 79.4 Å². The quantitative estimate of drug-likeness (QED) is 0.268. The van der Waals surface area contributed by atoms with Crippen LogP contribution in [0.1, 0.15) is 109 Å². The van der Waals surface area contributed by atoms with Crippen molar-refractivity contribution in [2.45, 2.75) is 122 Å². The van der Waals surface area contributed by atoms with E-state index in [2.05, 4.69) is 0 Å². The average Bonchev–Trinajstić information content (AvgIpc) is 3.03. The predicted octanol–water partition coefficient (Wildman–Crippen LogP) is 6.48. The van der Waals surface area contributed by atoms with E-state index in [1.807, 2.05) is 42.3 Å². The van der Waals surface area contributed by atoms with Gasteiger partial charge in [0.1, 0.15) is 13.2 Å². The molecule has 0 atom stereocenters. The fraction of sp³-hybridized carbons (Fsp3) is 0.727. The van der Waals surface area contributed by atoms with Crippen LogP contribution in [0.2, 0.25) is 0 Å². The zero-order chi connectivity index (χ0) is 28.9. The van der Waals surface area contributed by atoms with E-state index in [0.717, 1.165) is 56.9 Å². The third kappa shape index (κ3) is 10.0. The van der Waals surface area contributed by atoms with Gasteiger partial charge in [-0.05, 0) is 69.8 Å². The van der Waals surface area contributed by atoms with E-state index in [0.29, 0.717) is 50.7 Å². The van der Waals surface area contributed by atoms with Crippen molar-refractivity contribution in [1.29, 1.82) is 0 Å². The lowest BCUT2D eigenvalue weighted by molar-refractivity contribution is -0.223. The molecule has 0 unspecified atom stereocenters. The molecule has 3 fully saturated rings. The van der Waals surface area contributed by atoms with Crippen molar-refractivity contribution in [2.75, 3.05) is 26.2 Å². The Morgan fingerprint density at radius 2 is 1.46 bits per heavy atom. The molecule has 2 saturated carbocycles. The van der Waals surface area contributed by atoms with Crippen LogP contribution in [0.4, 0.5) is 4.79 Å². The van der Waals surface area contributed by atoms with Crippen molar-refractivity contribution < 1.29 is 24.0 Å². The molecule has 0 N–H and O–H groups in total. The van der Waals surface area contributed by atoms with Crippen molar-refractivity contribution >= 4 is 18.0 Å². The summed E-state index contributed by atoms with van der Waals surface area (Å²) in [5.41, 5.74) is 0.987. The summed E-state index contributed by atoms with van der Waals surface area (Å²) in [6.45, 7) is 4.13. The summed E-state index contributed by atoms with van der Waals surface area (Å²) in [4.78, 5) is 48.0. The highest BCUT2D eigenvalue weighted by molar-refractivity contribution is 5.82. The minimum absolute atomic E-state index is 0.0215. The molecule has 1 saturated heterocycles. The molecule has 3 aliphatic rings. The van der Waals surface area contributed by atoms with Crippen LogP contribution in [0, 0.1) is 5.92 Å². The summed E-state index contributed by atoms with van der Waals surface area (Å²) in [6, 6.07) is 10.4. The number of amides is 2. The molecule has 4 rings (SSSR count). The lowest BCUT2D eigenvalue weighted by Crippen LogP contribution is -2.48. The number of hydrogen-bond acceptors (Lipinski definition) is 6. The number of hydroxylamine groups is 2. The molecular weight excluding hydrogens is 518 g/mol. The van der Waals surface area contributed by atoms with Crippen molar-refractivity contribution in [1.82, 2.24) is 14.9 Å². The Kier molecular flexibility index (Phi) is 12.8. The van der Waals surface area contributed by atoms with Gasteiger partial charge in [0.15, 0.2) is 0 Å². The monoisotopic (exact) mass is 569 g/mol. The predicted molar refractivity (Wildman–Crippen MR) is 159 cm³/mol. The fourth-order valence-corrected chi connectivity index (χ4v) is 6.71. The number of hydrogen-bond donors (Lipinski definition) is 0. The van der Waals surface area contributed by atoms with E-state index < -0.39 is 0 Å². The molecule has 1 aromatic carbocycles. The molecule has 0 spiro atoms. The van der Waals surface area contributed by atoms with Crippen molar-refractivity contribution in [3.05, 3.63) is 35.9 Å². The third-order valence-corrected chi connectivity index (χ3v) is 9.21. The van der Waals surface area contributed by atoms with Crippen LogP contribution in [0.3, 0.4) is 0 Å². The number of ether oxygens (including phenoxy) is 1. The highest BCUT2D eigenvalue weighted by Crippen LogP contribution is 2.30. The summed E-state index contributed by atoms with van der Waals surface area (Å²) < 4.78 is 5.47. The van der Waals surface area contributed by atoms with E-state index in [1.165, 1.54) is 38.5 Å². The normalized spacial score (nSPS) is 19.2. The van der Waals surface area contributed by atoms with Crippen LogP contribution < -0.4 is 0 Å². The van der Waals surface area contributed by atoms with Gasteiger partial charge in [0.05, 0.1) is 0 Å². The number of piperidine rings is 1. The number of rotatable bonds is 12. The van der Waals surface area contributed by atoms with Gasteiger partial charge < -0.3 is 19.4 Å². The molecule has 1 heterocycles. The molecule has 0 aromatic heterocycles. The number of likely N-dealkylation sites (tertiary alicyclic amines) is 1. The van der Waals surface area contributed by atoms with Crippen molar-refractivity contribution in [3.63, 3.8) is 0 Å². The van der Waals surface area contributed by atoms with Gasteiger partial charge in [0, 0.05) is 38.1 Å². The summed E-state index contributed by atoms with van der Waals surface area (Å²) in [5, 5.41) is 2.04. The van der Waals surface area contributed by atoms with Crippen molar-refractivity contribution in [3.8, 4) is 0 Å². The molecule has 228 valence electrons. The first-order valence-electron chi connectivity index (χ1n) is 16.3. The maximum absolute atomic E-state index is 13.0. The Hall–Kier alpha value is -2.61. The third-order valence-electron chi connectivity index (χ3n) is 9.21. The highest BCUT2D eigenvalue weighted by Gasteiger charge is 2.33. The van der Waals surface area contributed by atoms with Gasteiger partial charge in [-0.2, -0.15) is 0 Å². The molecule has 2 aliphatic carbocycles. The fourth-order valence-electron chi connectivity index (χ4n) is 6.71. The lowest BCUT2D eigenvalue weighted by atomic mass is 9.90. The Morgan fingerprint density at radius 3 is 2.05 bits per heavy atom. The second-order valence-corrected chi connectivity index (χ2v) is 12.2. The summed E-state index contributed by atoms with van der Waals surface area (Å²) >= 11 is 0. The molecule has 41 heavy (non-hydrogen) atoms. The smallest absolute Gasteiger partial charge is 0.410 e.